The third-order valence-corrected chi connectivity index (χ3v) is 6.85. The lowest BCUT2D eigenvalue weighted by Gasteiger charge is -2.36. The third kappa shape index (κ3) is 4.56. The van der Waals surface area contributed by atoms with Crippen LogP contribution in [0.25, 0.3) is 16.9 Å². The maximum absolute atomic E-state index is 15.2. The Hall–Kier alpha value is -3.22. The number of pyridine rings is 1. The molecule has 35 heavy (non-hydrogen) atoms. The zero-order chi connectivity index (χ0) is 24.4. The number of ether oxygens (including phenoxy) is 1. The normalized spacial score (nSPS) is 23.0. The van der Waals surface area contributed by atoms with E-state index in [4.69, 9.17) is 9.72 Å². The number of anilines is 1. The number of hydrogen-bond donors (Lipinski definition) is 2. The number of aromatic amines is 1. The molecule has 1 fully saturated rings. The zero-order valence-corrected chi connectivity index (χ0v) is 20.2. The van der Waals surface area contributed by atoms with E-state index in [2.05, 4.69) is 45.9 Å². The highest BCUT2D eigenvalue weighted by molar-refractivity contribution is 5.83. The van der Waals surface area contributed by atoms with Crippen LogP contribution < -0.4 is 4.90 Å². The molecule has 4 heterocycles. The van der Waals surface area contributed by atoms with Gasteiger partial charge in [-0.25, -0.2) is 9.37 Å². The van der Waals surface area contributed by atoms with Crippen LogP contribution in [0.4, 0.5) is 10.2 Å². The summed E-state index contributed by atoms with van der Waals surface area (Å²) in [6, 6.07) is 3.82. The molecule has 0 radical (unpaired) electrons. The number of unbranched alkanes of at least 4 members (excludes halogenated alkanes) is 2. The maximum atomic E-state index is 15.2. The van der Waals surface area contributed by atoms with E-state index < -0.39 is 5.60 Å². The second kappa shape index (κ2) is 9.80. The molecule has 2 atom stereocenters. The Morgan fingerprint density at radius 1 is 1.37 bits per heavy atom. The SMILES string of the molecule is CCCCC#CC1=C(F)CC(O)(c2cc(N3CCOC[C@H]3C)nc3c2cnn3-c2cc[nH]n2)CC1. The van der Waals surface area contributed by atoms with Crippen LogP contribution in [0.1, 0.15) is 57.9 Å². The molecule has 1 aliphatic carbocycles. The minimum Gasteiger partial charge on any atom is -0.385 e. The Labute approximate surface area is 204 Å². The Balaban J connectivity index is 1.58. The Kier molecular flexibility index (Phi) is 6.58. The average molecular weight is 479 g/mol. The number of H-pyrrole nitrogens is 1. The second-order valence-corrected chi connectivity index (χ2v) is 9.37. The lowest BCUT2D eigenvalue weighted by Crippen LogP contribution is -2.44. The topological polar surface area (TPSA) is 92.1 Å². The van der Waals surface area contributed by atoms with Crippen molar-refractivity contribution in [3.8, 4) is 17.7 Å². The highest BCUT2D eigenvalue weighted by atomic mass is 19.1. The van der Waals surface area contributed by atoms with Crippen molar-refractivity contribution >= 4 is 16.9 Å². The number of nitrogens with zero attached hydrogens (tertiary/aromatic N) is 5. The first-order valence-electron chi connectivity index (χ1n) is 12.3. The van der Waals surface area contributed by atoms with Crippen LogP contribution in [0, 0.1) is 11.8 Å². The molecule has 5 rings (SSSR count). The van der Waals surface area contributed by atoms with Crippen molar-refractivity contribution < 1.29 is 14.2 Å². The summed E-state index contributed by atoms with van der Waals surface area (Å²) >= 11 is 0. The van der Waals surface area contributed by atoms with Crippen LogP contribution in [0.15, 0.2) is 35.9 Å². The first-order valence-corrected chi connectivity index (χ1v) is 12.3. The molecular formula is C26H31FN6O2. The molecule has 0 amide bonds. The van der Waals surface area contributed by atoms with Crippen LogP contribution in [0.5, 0.6) is 0 Å². The molecule has 184 valence electrons. The number of aromatic nitrogens is 5. The van der Waals surface area contributed by atoms with E-state index in [0.29, 0.717) is 66.4 Å². The monoisotopic (exact) mass is 478 g/mol. The summed E-state index contributed by atoms with van der Waals surface area (Å²) in [4.78, 5) is 7.09. The third-order valence-electron chi connectivity index (χ3n) is 6.85. The molecule has 0 spiro atoms. The lowest BCUT2D eigenvalue weighted by molar-refractivity contribution is 0.0181. The molecule has 0 aromatic carbocycles. The quantitative estimate of drug-likeness (QED) is 0.423. The molecule has 0 saturated carbocycles. The minimum atomic E-state index is -1.39. The summed E-state index contributed by atoms with van der Waals surface area (Å²) in [5.41, 5.74) is 0.326. The van der Waals surface area contributed by atoms with Gasteiger partial charge in [-0.3, -0.25) is 5.10 Å². The molecule has 9 heteroatoms. The lowest BCUT2D eigenvalue weighted by atomic mass is 9.79. The summed E-state index contributed by atoms with van der Waals surface area (Å²) in [7, 11) is 0. The van der Waals surface area contributed by atoms with E-state index >= 15 is 4.39 Å². The Morgan fingerprint density at radius 2 is 2.26 bits per heavy atom. The van der Waals surface area contributed by atoms with Crippen molar-refractivity contribution in [2.75, 3.05) is 24.7 Å². The number of halogens is 1. The van der Waals surface area contributed by atoms with Gasteiger partial charge >= 0.3 is 0 Å². The predicted molar refractivity (Wildman–Crippen MR) is 132 cm³/mol. The van der Waals surface area contributed by atoms with E-state index in [9.17, 15) is 5.11 Å². The average Bonchev–Trinajstić information content (AvgIpc) is 3.52. The van der Waals surface area contributed by atoms with Gasteiger partial charge in [-0.05, 0) is 32.3 Å². The van der Waals surface area contributed by atoms with Crippen molar-refractivity contribution in [3.63, 3.8) is 0 Å². The van der Waals surface area contributed by atoms with Gasteiger partial charge in [0.1, 0.15) is 11.6 Å². The Morgan fingerprint density at radius 3 is 3.00 bits per heavy atom. The van der Waals surface area contributed by atoms with Crippen LogP contribution in [-0.2, 0) is 10.3 Å². The minimum absolute atomic E-state index is 0.115. The predicted octanol–water partition coefficient (Wildman–Crippen LogP) is 4.16. The van der Waals surface area contributed by atoms with Gasteiger partial charge in [0.25, 0.3) is 0 Å². The van der Waals surface area contributed by atoms with Gasteiger partial charge in [0.2, 0.25) is 0 Å². The molecule has 3 aromatic heterocycles. The standard InChI is InChI=1S/C26H31FN6O2/c1-3-4-5-6-7-19-8-10-26(34,15-22(19)27)21-14-24(32-12-13-35-17-18(32)2)30-25-20(21)16-29-33(25)23-9-11-28-31-23/h9,11,14,16,18,34H,3-5,8,10,12-13,15,17H2,1-2H3,(H,28,31)/t18-,26?/m1/s1. The fourth-order valence-electron chi connectivity index (χ4n) is 4.84. The van der Waals surface area contributed by atoms with Gasteiger partial charge in [0, 0.05) is 48.2 Å². The summed E-state index contributed by atoms with van der Waals surface area (Å²) in [5, 5.41) is 24.1. The van der Waals surface area contributed by atoms with Crippen LogP contribution in [0.3, 0.4) is 0 Å². The Bertz CT molecular complexity index is 1290. The number of morpholine rings is 1. The van der Waals surface area contributed by atoms with Gasteiger partial charge in [-0.15, -0.1) is 0 Å². The van der Waals surface area contributed by atoms with Gasteiger partial charge in [-0.2, -0.15) is 14.9 Å². The highest BCUT2D eigenvalue weighted by Gasteiger charge is 2.38. The smallest absolute Gasteiger partial charge is 0.177 e. The van der Waals surface area contributed by atoms with Crippen molar-refractivity contribution in [2.45, 2.75) is 64.0 Å². The number of rotatable bonds is 5. The van der Waals surface area contributed by atoms with E-state index in [1.807, 2.05) is 6.07 Å². The van der Waals surface area contributed by atoms with E-state index in [1.165, 1.54) is 0 Å². The molecule has 2 N–H and O–H groups in total. The highest BCUT2D eigenvalue weighted by Crippen LogP contribution is 2.44. The van der Waals surface area contributed by atoms with Crippen molar-refractivity contribution in [1.29, 1.82) is 0 Å². The molecule has 0 bridgehead atoms. The largest absolute Gasteiger partial charge is 0.385 e. The molecular weight excluding hydrogens is 447 g/mol. The molecule has 1 aliphatic heterocycles. The summed E-state index contributed by atoms with van der Waals surface area (Å²) in [6.07, 6.45) is 6.87. The summed E-state index contributed by atoms with van der Waals surface area (Å²) in [5.74, 6) is 7.05. The summed E-state index contributed by atoms with van der Waals surface area (Å²) < 4.78 is 22.5. The first kappa shape index (κ1) is 23.5. The number of aliphatic hydroxyl groups is 1. The maximum Gasteiger partial charge on any atom is 0.177 e. The molecule has 1 saturated heterocycles. The zero-order valence-electron chi connectivity index (χ0n) is 20.2. The number of allylic oxidation sites excluding steroid dienone is 1. The number of hydrogen-bond acceptors (Lipinski definition) is 6. The number of fused-ring (bicyclic) bond motifs is 1. The summed E-state index contributed by atoms with van der Waals surface area (Å²) in [6.45, 7) is 6.06. The van der Waals surface area contributed by atoms with E-state index in [-0.39, 0.29) is 18.3 Å². The molecule has 1 unspecified atom stereocenters. The van der Waals surface area contributed by atoms with Crippen LogP contribution in [0.2, 0.25) is 0 Å². The van der Waals surface area contributed by atoms with Crippen molar-refractivity contribution in [3.05, 3.63) is 41.5 Å². The van der Waals surface area contributed by atoms with Crippen molar-refractivity contribution in [2.24, 2.45) is 0 Å². The molecule has 2 aliphatic rings. The van der Waals surface area contributed by atoms with Crippen LogP contribution in [-0.4, -0.2) is 55.9 Å². The number of nitrogens with one attached hydrogen (secondary N) is 1. The van der Waals surface area contributed by atoms with E-state index in [1.54, 1.807) is 23.1 Å². The van der Waals surface area contributed by atoms with Gasteiger partial charge in [-0.1, -0.05) is 25.2 Å². The molecule has 8 nitrogen and oxygen atoms in total. The van der Waals surface area contributed by atoms with Gasteiger partial charge in [0.05, 0.1) is 31.1 Å². The fourth-order valence-corrected chi connectivity index (χ4v) is 4.84. The first-order chi connectivity index (χ1) is 17.0. The fraction of sp³-hybridized carbons (Fsp3) is 0.500. The van der Waals surface area contributed by atoms with Gasteiger partial charge < -0.3 is 14.7 Å². The van der Waals surface area contributed by atoms with Crippen molar-refractivity contribution in [1.82, 2.24) is 25.0 Å². The van der Waals surface area contributed by atoms with E-state index in [0.717, 1.165) is 19.3 Å². The van der Waals surface area contributed by atoms with Crippen LogP contribution >= 0.6 is 0 Å². The van der Waals surface area contributed by atoms with Gasteiger partial charge in [0.15, 0.2) is 11.5 Å². The molecule has 3 aromatic rings. The second-order valence-electron chi connectivity index (χ2n) is 9.37.